The molecule has 12 saturated carbocycles. The minimum atomic E-state index is -0.506. The summed E-state index contributed by atoms with van der Waals surface area (Å²) in [6.45, 7) is 32.0. The van der Waals surface area contributed by atoms with Gasteiger partial charge in [0.2, 0.25) is 0 Å². The van der Waals surface area contributed by atoms with E-state index in [1.807, 2.05) is 117 Å². The predicted molar refractivity (Wildman–Crippen MR) is 462 cm³/mol. The van der Waals surface area contributed by atoms with Gasteiger partial charge in [0.25, 0.3) is 0 Å². The number of fused-ring (bicyclic) bond motifs is 20. The first kappa shape index (κ1) is 84.3. The lowest BCUT2D eigenvalue weighted by molar-refractivity contribution is -0.130. The van der Waals surface area contributed by atoms with Crippen LogP contribution in [0.5, 0.6) is 0 Å². The molecule has 16 nitrogen and oxygen atoms in total. The smallest absolute Gasteiger partial charge is 0.179 e. The van der Waals surface area contributed by atoms with Crippen molar-refractivity contribution < 1.29 is 39.6 Å². The summed E-state index contributed by atoms with van der Waals surface area (Å²) in [5.41, 5.74) is 10.1. The van der Waals surface area contributed by atoms with Crippen LogP contribution in [-0.4, -0.2) is 105 Å². The number of carbonyl (C=O) groups is 4. The Morgan fingerprint density at radius 3 is 0.915 bits per heavy atom. The molecule has 16 heteroatoms. The zero-order valence-corrected chi connectivity index (χ0v) is 74.1. The number of hydrogen-bond donors (Lipinski definition) is 4. The van der Waals surface area contributed by atoms with E-state index in [1.54, 1.807) is 12.5 Å². The summed E-state index contributed by atoms with van der Waals surface area (Å²) in [5, 5.41) is 59.7. The van der Waals surface area contributed by atoms with Crippen LogP contribution >= 0.6 is 0 Å². The largest absolute Gasteiger partial charge is 0.390 e. The quantitative estimate of drug-likeness (QED) is 0.0725. The molecule has 0 bridgehead atoms. The van der Waals surface area contributed by atoms with Crippen molar-refractivity contribution >= 4 is 23.1 Å². The number of carbonyl (C=O) groups excluding carboxylic acids is 4. The van der Waals surface area contributed by atoms with E-state index in [1.165, 1.54) is 112 Å². The van der Waals surface area contributed by atoms with E-state index < -0.39 is 22.4 Å². The zero-order chi connectivity index (χ0) is 83.1. The summed E-state index contributed by atoms with van der Waals surface area (Å²) >= 11 is 0. The number of hydrogen-bond acceptors (Lipinski definition) is 12. The lowest BCUT2D eigenvalue weighted by Crippen LogP contribution is -2.48. The first-order valence-corrected chi connectivity index (χ1v) is 47.4. The molecule has 0 aliphatic heterocycles. The minimum absolute atomic E-state index is 0.0181. The van der Waals surface area contributed by atoms with Gasteiger partial charge in [0.05, 0.1) is 67.2 Å². The maximum Gasteiger partial charge on any atom is 0.179 e. The average molecular weight is 1610 g/mol. The Hall–Kier alpha value is -5.94. The second-order valence-electron chi connectivity index (χ2n) is 44.9. The van der Waals surface area contributed by atoms with Crippen LogP contribution in [0.2, 0.25) is 0 Å². The average Bonchev–Trinajstić information content (AvgIpc) is 1.54. The molecule has 0 saturated heterocycles. The van der Waals surface area contributed by atoms with Crippen molar-refractivity contribution in [2.45, 2.75) is 337 Å². The highest BCUT2D eigenvalue weighted by Crippen LogP contribution is 2.69. The summed E-state index contributed by atoms with van der Waals surface area (Å²) in [7, 11) is 0. The third-order valence-corrected chi connectivity index (χ3v) is 37.1. The van der Waals surface area contributed by atoms with E-state index in [2.05, 4.69) is 79.0 Å². The number of aryl methyl sites for hydroxylation is 3. The Balaban J connectivity index is 0.000000113. The van der Waals surface area contributed by atoms with Crippen molar-refractivity contribution in [1.29, 1.82) is 0 Å². The highest BCUT2D eigenvalue weighted by Gasteiger charge is 2.63. The summed E-state index contributed by atoms with van der Waals surface area (Å²) in [5.74, 6) is 14.0. The second-order valence-corrected chi connectivity index (χ2v) is 44.9. The van der Waals surface area contributed by atoms with Gasteiger partial charge in [-0.15, -0.1) is 0 Å². The molecule has 0 spiro atoms. The summed E-state index contributed by atoms with van der Waals surface area (Å²) in [4.78, 5) is 51.3. The maximum atomic E-state index is 13.2. The van der Waals surface area contributed by atoms with Crippen LogP contribution in [0.3, 0.4) is 0 Å². The molecule has 0 unspecified atom stereocenters. The van der Waals surface area contributed by atoms with E-state index in [0.717, 1.165) is 192 Å². The summed E-state index contributed by atoms with van der Waals surface area (Å²) in [6, 6.07) is 1.81. The molecule has 4 aromatic rings. The topological polar surface area (TPSA) is 220 Å². The van der Waals surface area contributed by atoms with Crippen LogP contribution < -0.4 is 0 Å². The van der Waals surface area contributed by atoms with E-state index in [-0.39, 0.29) is 39.8 Å². The summed E-state index contributed by atoms with van der Waals surface area (Å²) < 4.78 is 7.36. The molecule has 20 rings (SSSR count). The first-order valence-electron chi connectivity index (χ1n) is 47.4. The fraction of sp³-hybridized carbons (Fsp3) is 0.745. The minimum Gasteiger partial charge on any atom is -0.390 e. The number of nitrogens with zero attached hydrogens (tertiary/aromatic N) is 8. The van der Waals surface area contributed by atoms with E-state index in [4.69, 9.17) is 0 Å². The molecule has 16 aliphatic carbocycles. The number of aromatic nitrogens is 8. The van der Waals surface area contributed by atoms with Crippen molar-refractivity contribution in [3.05, 3.63) is 131 Å². The van der Waals surface area contributed by atoms with Crippen LogP contribution in [0.15, 0.2) is 108 Å². The predicted octanol–water partition coefficient (Wildman–Crippen LogP) is 19.7. The van der Waals surface area contributed by atoms with Gasteiger partial charge in [0.15, 0.2) is 23.1 Å². The molecule has 4 N–H and O–H groups in total. The lowest BCUT2D eigenvalue weighted by Gasteiger charge is -2.54. The number of Topliss-reactive ketones (excluding diaryl/α,β-unsaturated/α-hetero) is 4. The van der Waals surface area contributed by atoms with Crippen LogP contribution in [0.25, 0.3) is 0 Å². The molecule has 12 fully saturated rings. The highest BCUT2D eigenvalue weighted by atomic mass is 16.3. The zero-order valence-electron chi connectivity index (χ0n) is 74.1. The SMILES string of the molecule is C=C(Cn1ccc(C(C)=O)n1)[C@H]1CC[C@H]2[C@@H]3CC=C4C[C@](C)(O)CC[C@@H]4[C@H]3CC[C@]12C.Cc1cnn(CC(=O)[C@H]2CC[C@H]3[C@@H]4CC=C5C[C@](C)(O)CC[C@@H]5[C@H]4CC[C@]23C)c1.Cc1cnn(CC(=O)[C@H]2CC[C@H]3[C@@H]4CC=C5C[C@](C)(O)CC[C@@H]5[C@H]4CC[C@]23C)c1.Cc1cnn(CC(=O)[C@H]2CC[C@H]3[C@@H]4CC=C5C[C@](C)(O)CC[C@@H]5[C@H]4CC[C@]23C)c1. The van der Waals surface area contributed by atoms with Crippen molar-refractivity contribution in [2.24, 2.45) is 140 Å². The molecule has 4 aromatic heterocycles. The third-order valence-electron chi connectivity index (χ3n) is 37.1. The molecular formula is C102H146N8O8. The molecule has 642 valence electrons. The van der Waals surface area contributed by atoms with Crippen LogP contribution in [0.1, 0.15) is 295 Å². The number of allylic oxidation sites excluding steroid dienone is 5. The highest BCUT2D eigenvalue weighted by molar-refractivity contribution is 5.92. The van der Waals surface area contributed by atoms with E-state index in [0.29, 0.717) is 95.4 Å². The van der Waals surface area contributed by atoms with Gasteiger partial charge in [0.1, 0.15) is 5.69 Å². The van der Waals surface area contributed by atoms with Crippen molar-refractivity contribution in [1.82, 2.24) is 39.1 Å². The van der Waals surface area contributed by atoms with E-state index >= 15 is 0 Å². The summed E-state index contributed by atoms with van der Waals surface area (Å²) in [6.07, 6.45) is 59.1. The molecule has 16 aliphatic rings. The van der Waals surface area contributed by atoms with Gasteiger partial charge in [-0.3, -0.25) is 37.9 Å². The lowest BCUT2D eigenvalue weighted by atomic mass is 9.51. The van der Waals surface area contributed by atoms with Gasteiger partial charge in [-0.2, -0.15) is 20.4 Å². The van der Waals surface area contributed by atoms with E-state index in [9.17, 15) is 39.6 Å². The monoisotopic (exact) mass is 1610 g/mol. The van der Waals surface area contributed by atoms with Gasteiger partial charge in [-0.25, -0.2) is 0 Å². The Morgan fingerprint density at radius 2 is 0.653 bits per heavy atom. The van der Waals surface area contributed by atoms with Crippen LogP contribution in [-0.2, 0) is 40.6 Å². The molecular weight excluding hydrogens is 1470 g/mol. The normalized spacial score (nSPS) is 43.3. The van der Waals surface area contributed by atoms with Gasteiger partial charge >= 0.3 is 0 Å². The van der Waals surface area contributed by atoms with Gasteiger partial charge in [-0.05, 0) is 399 Å². The number of ketones is 4. The second kappa shape index (κ2) is 32.0. The van der Waals surface area contributed by atoms with Crippen molar-refractivity contribution in [2.75, 3.05) is 0 Å². The van der Waals surface area contributed by atoms with Crippen molar-refractivity contribution in [3.63, 3.8) is 0 Å². The molecule has 0 amide bonds. The Bertz CT molecular complexity index is 4240. The van der Waals surface area contributed by atoms with Gasteiger partial charge in [0, 0.05) is 49.5 Å². The van der Waals surface area contributed by atoms with Gasteiger partial charge in [-0.1, -0.05) is 86.4 Å². The van der Waals surface area contributed by atoms with Crippen LogP contribution in [0.4, 0.5) is 0 Å². The maximum absolute atomic E-state index is 13.2. The van der Waals surface area contributed by atoms with Crippen LogP contribution in [0, 0.1) is 161 Å². The molecule has 4 heterocycles. The Kier molecular flexibility index (Phi) is 22.9. The van der Waals surface area contributed by atoms with Gasteiger partial charge < -0.3 is 20.4 Å². The third kappa shape index (κ3) is 16.0. The Morgan fingerprint density at radius 1 is 0.373 bits per heavy atom. The Labute approximate surface area is 705 Å². The fourth-order valence-corrected chi connectivity index (χ4v) is 31.5. The standard InChI is InChI=1S/C27H38N2O2.3C25H36N2O2/c1-17(16-29-14-11-25(28-29)18(2)30)23-7-8-24-22-6-5-19-15-26(3,31)12-9-20(19)21(22)10-13-27(23,24)4;3*1-16-13-26-27(14-16)15-23(28)22-7-6-21-20-5-4-17-12-24(2,29)10-8-18(17)19(20)9-11-25(21,22)3/h5,11,14,20-24,31H,1,6-10,12-13,15-16H2,2-4H3;3*4,13-14,18-22,29H,5-12,15H2,1-3H3/t20-,21+,22+,23+,24-,26+,27+;3*18-,19+,20+,21-,22+,24+,25-/m0000/s1. The number of rotatable bonds is 13. The first-order chi connectivity index (χ1) is 56.0. The molecule has 0 aromatic carbocycles. The number of aliphatic hydroxyl groups is 4. The molecule has 28 atom stereocenters. The molecule has 0 radical (unpaired) electrons. The molecule has 118 heavy (non-hydrogen) atoms. The van der Waals surface area contributed by atoms with Crippen molar-refractivity contribution in [3.8, 4) is 0 Å². The fourth-order valence-electron chi connectivity index (χ4n) is 31.5.